The van der Waals surface area contributed by atoms with Crippen LogP contribution in [0.1, 0.15) is 42.4 Å². The van der Waals surface area contributed by atoms with Crippen LogP contribution in [0.25, 0.3) is 11.0 Å². The Bertz CT molecular complexity index is 963. The van der Waals surface area contributed by atoms with Gasteiger partial charge < -0.3 is 4.90 Å². The van der Waals surface area contributed by atoms with Crippen LogP contribution in [0.3, 0.4) is 0 Å². The summed E-state index contributed by atoms with van der Waals surface area (Å²) in [4.78, 5) is 19.3. The van der Waals surface area contributed by atoms with E-state index in [1.54, 1.807) is 37.5 Å². The zero-order valence-corrected chi connectivity index (χ0v) is 16.6. The molecule has 0 saturated carbocycles. The van der Waals surface area contributed by atoms with Gasteiger partial charge in [-0.05, 0) is 44.5 Å². The number of halogens is 2. The molecule has 0 bridgehead atoms. The standard InChI is InChI=1S/C19H20Cl2N4O/c1-5-12(3)25-18-17(10-22-25)16(6-11(2)23-18)19(26)24(4)15-8-13(20)7-14(21)9-15/h6-10,12H,5H2,1-4H3. The minimum atomic E-state index is -0.164. The molecule has 1 aromatic carbocycles. The first-order chi connectivity index (χ1) is 12.3. The van der Waals surface area contributed by atoms with E-state index in [0.717, 1.165) is 23.1 Å². The number of aryl methyl sites for hydroxylation is 1. The Hall–Kier alpha value is -2.11. The summed E-state index contributed by atoms with van der Waals surface area (Å²) in [6.45, 7) is 6.05. The van der Waals surface area contributed by atoms with E-state index in [4.69, 9.17) is 23.2 Å². The van der Waals surface area contributed by atoms with Gasteiger partial charge in [-0.25, -0.2) is 9.67 Å². The zero-order valence-electron chi connectivity index (χ0n) is 15.1. The van der Waals surface area contributed by atoms with E-state index in [2.05, 4.69) is 23.9 Å². The molecule has 0 aliphatic rings. The van der Waals surface area contributed by atoms with E-state index < -0.39 is 0 Å². The van der Waals surface area contributed by atoms with Crippen molar-refractivity contribution >= 4 is 45.8 Å². The van der Waals surface area contributed by atoms with E-state index >= 15 is 0 Å². The highest BCUT2D eigenvalue weighted by Crippen LogP contribution is 2.28. The van der Waals surface area contributed by atoms with Crippen LogP contribution in [0.4, 0.5) is 5.69 Å². The van der Waals surface area contributed by atoms with Gasteiger partial charge in [0.1, 0.15) is 0 Å². The molecule has 136 valence electrons. The fraction of sp³-hybridized carbons (Fsp3) is 0.316. The van der Waals surface area contributed by atoms with Crippen LogP contribution in [0.5, 0.6) is 0 Å². The molecule has 0 radical (unpaired) electrons. The molecule has 0 spiro atoms. The fourth-order valence-corrected chi connectivity index (χ4v) is 3.36. The predicted molar refractivity (Wildman–Crippen MR) is 106 cm³/mol. The van der Waals surface area contributed by atoms with E-state index in [9.17, 15) is 4.79 Å². The first kappa shape index (κ1) is 18.7. The van der Waals surface area contributed by atoms with Crippen molar-refractivity contribution in [1.29, 1.82) is 0 Å². The molecule has 2 aromatic heterocycles. The average molecular weight is 391 g/mol. The molecule has 2 heterocycles. The number of hydrogen-bond donors (Lipinski definition) is 0. The predicted octanol–water partition coefficient (Wildman–Crippen LogP) is 5.29. The Balaban J connectivity index is 2.09. The number of carbonyl (C=O) groups is 1. The van der Waals surface area contributed by atoms with Gasteiger partial charge in [0.2, 0.25) is 0 Å². The van der Waals surface area contributed by atoms with Gasteiger partial charge in [-0.1, -0.05) is 30.1 Å². The fourth-order valence-electron chi connectivity index (χ4n) is 2.85. The van der Waals surface area contributed by atoms with Crippen LogP contribution in [0.2, 0.25) is 10.0 Å². The molecule has 0 saturated heterocycles. The van der Waals surface area contributed by atoms with Crippen molar-refractivity contribution in [1.82, 2.24) is 14.8 Å². The molecular weight excluding hydrogens is 371 g/mol. The number of hydrogen-bond acceptors (Lipinski definition) is 3. The summed E-state index contributed by atoms with van der Waals surface area (Å²) < 4.78 is 1.87. The second kappa shape index (κ2) is 7.25. The first-order valence-corrected chi connectivity index (χ1v) is 9.16. The SMILES string of the molecule is CCC(C)n1ncc2c(C(=O)N(C)c3cc(Cl)cc(Cl)c3)cc(C)nc21. The van der Waals surface area contributed by atoms with Crippen LogP contribution in [-0.2, 0) is 0 Å². The molecule has 0 N–H and O–H groups in total. The average Bonchev–Trinajstić information content (AvgIpc) is 3.01. The lowest BCUT2D eigenvalue weighted by Crippen LogP contribution is -2.26. The zero-order chi connectivity index (χ0) is 19.0. The molecule has 5 nitrogen and oxygen atoms in total. The van der Waals surface area contributed by atoms with Gasteiger partial charge in [-0.3, -0.25) is 4.79 Å². The molecule has 1 atom stereocenters. The minimum Gasteiger partial charge on any atom is -0.311 e. The molecule has 0 fully saturated rings. The highest BCUT2D eigenvalue weighted by atomic mass is 35.5. The van der Waals surface area contributed by atoms with E-state index in [0.29, 0.717) is 21.3 Å². The van der Waals surface area contributed by atoms with Crippen LogP contribution in [0, 0.1) is 6.92 Å². The van der Waals surface area contributed by atoms with Crippen LogP contribution in [0.15, 0.2) is 30.5 Å². The minimum absolute atomic E-state index is 0.164. The van der Waals surface area contributed by atoms with Gasteiger partial charge in [0.05, 0.1) is 23.2 Å². The van der Waals surface area contributed by atoms with Gasteiger partial charge in [0, 0.05) is 28.5 Å². The lowest BCUT2D eigenvalue weighted by atomic mass is 10.1. The summed E-state index contributed by atoms with van der Waals surface area (Å²) in [6, 6.07) is 7.04. The molecule has 7 heteroatoms. The number of aromatic nitrogens is 3. The number of carbonyl (C=O) groups excluding carboxylic acids is 1. The molecule has 1 amide bonds. The highest BCUT2D eigenvalue weighted by Gasteiger charge is 2.21. The van der Waals surface area contributed by atoms with Gasteiger partial charge in [0.25, 0.3) is 5.91 Å². The molecule has 0 aliphatic carbocycles. The first-order valence-electron chi connectivity index (χ1n) is 8.40. The topological polar surface area (TPSA) is 51.0 Å². The van der Waals surface area contributed by atoms with Crippen molar-refractivity contribution in [3.8, 4) is 0 Å². The highest BCUT2D eigenvalue weighted by molar-refractivity contribution is 6.35. The number of rotatable bonds is 4. The van der Waals surface area contributed by atoms with E-state index in [1.807, 2.05) is 11.6 Å². The van der Waals surface area contributed by atoms with Crippen LogP contribution < -0.4 is 4.90 Å². The second-order valence-electron chi connectivity index (χ2n) is 6.39. The third-order valence-corrected chi connectivity index (χ3v) is 4.91. The summed E-state index contributed by atoms with van der Waals surface area (Å²) in [5, 5.41) is 6.15. The van der Waals surface area contributed by atoms with Crippen LogP contribution >= 0.6 is 23.2 Å². The number of amides is 1. The van der Waals surface area contributed by atoms with Crippen molar-refractivity contribution in [2.45, 2.75) is 33.2 Å². The van der Waals surface area contributed by atoms with Crippen molar-refractivity contribution in [2.24, 2.45) is 0 Å². The van der Waals surface area contributed by atoms with E-state index in [-0.39, 0.29) is 11.9 Å². The van der Waals surface area contributed by atoms with Crippen molar-refractivity contribution in [2.75, 3.05) is 11.9 Å². The van der Waals surface area contributed by atoms with Gasteiger partial charge >= 0.3 is 0 Å². The Morgan fingerprint density at radius 2 is 1.88 bits per heavy atom. The van der Waals surface area contributed by atoms with Crippen molar-refractivity contribution < 1.29 is 4.79 Å². The maximum atomic E-state index is 13.2. The smallest absolute Gasteiger partial charge is 0.258 e. The van der Waals surface area contributed by atoms with Gasteiger partial charge in [0.15, 0.2) is 5.65 Å². The molecule has 3 aromatic rings. The number of fused-ring (bicyclic) bond motifs is 1. The maximum absolute atomic E-state index is 13.2. The molecular formula is C19H20Cl2N4O. The molecule has 1 unspecified atom stereocenters. The lowest BCUT2D eigenvalue weighted by Gasteiger charge is -2.19. The number of benzene rings is 1. The number of pyridine rings is 1. The van der Waals surface area contributed by atoms with Gasteiger partial charge in [-0.2, -0.15) is 5.10 Å². The summed E-state index contributed by atoms with van der Waals surface area (Å²) >= 11 is 12.1. The summed E-state index contributed by atoms with van der Waals surface area (Å²) in [5.74, 6) is -0.164. The molecule has 26 heavy (non-hydrogen) atoms. The molecule has 3 rings (SSSR count). The largest absolute Gasteiger partial charge is 0.311 e. The second-order valence-corrected chi connectivity index (χ2v) is 7.26. The Morgan fingerprint density at radius 3 is 2.50 bits per heavy atom. The third-order valence-electron chi connectivity index (χ3n) is 4.47. The Morgan fingerprint density at radius 1 is 1.23 bits per heavy atom. The maximum Gasteiger partial charge on any atom is 0.258 e. The number of nitrogens with zero attached hydrogens (tertiary/aromatic N) is 4. The third kappa shape index (κ3) is 3.41. The van der Waals surface area contributed by atoms with Crippen molar-refractivity contribution in [3.63, 3.8) is 0 Å². The van der Waals surface area contributed by atoms with Crippen LogP contribution in [-0.4, -0.2) is 27.7 Å². The Labute approximate surface area is 162 Å². The summed E-state index contributed by atoms with van der Waals surface area (Å²) in [6.07, 6.45) is 2.64. The Kier molecular flexibility index (Phi) is 5.21. The number of anilines is 1. The monoisotopic (exact) mass is 390 g/mol. The normalized spacial score (nSPS) is 12.4. The van der Waals surface area contributed by atoms with E-state index in [1.165, 1.54) is 4.90 Å². The van der Waals surface area contributed by atoms with Gasteiger partial charge in [-0.15, -0.1) is 0 Å². The summed E-state index contributed by atoms with van der Waals surface area (Å²) in [5.41, 5.74) is 2.67. The lowest BCUT2D eigenvalue weighted by molar-refractivity contribution is 0.0994. The molecule has 0 aliphatic heterocycles. The summed E-state index contributed by atoms with van der Waals surface area (Å²) in [7, 11) is 1.70. The van der Waals surface area contributed by atoms with Crippen molar-refractivity contribution in [3.05, 3.63) is 51.8 Å². The quantitative estimate of drug-likeness (QED) is 0.607.